The Bertz CT molecular complexity index is 382. The van der Waals surface area contributed by atoms with E-state index < -0.39 is 69.1 Å². The van der Waals surface area contributed by atoms with Crippen molar-refractivity contribution >= 4 is 79.6 Å². The summed E-state index contributed by atoms with van der Waals surface area (Å²) in [5, 5.41) is 0. The zero-order chi connectivity index (χ0) is 24.8. The van der Waals surface area contributed by atoms with Gasteiger partial charge in [-0.25, -0.2) is 0 Å². The summed E-state index contributed by atoms with van der Waals surface area (Å²) in [6, 6.07) is 1.29. The average molecular weight is 621 g/mol. The summed E-state index contributed by atoms with van der Waals surface area (Å²) in [6.07, 6.45) is 22.8. The lowest BCUT2D eigenvalue weighted by atomic mass is 10.0. The van der Waals surface area contributed by atoms with Crippen LogP contribution in [0.15, 0.2) is 0 Å². The fraction of sp³-hybridized carbons (Fsp3) is 1.00. The second-order valence-corrected chi connectivity index (χ2v) is 24.5. The third kappa shape index (κ3) is 31.5. The van der Waals surface area contributed by atoms with Crippen molar-refractivity contribution in [2.24, 2.45) is 0 Å². The fourth-order valence-electron chi connectivity index (χ4n) is 3.72. The molecule has 1 unspecified atom stereocenters. The van der Waals surface area contributed by atoms with Crippen molar-refractivity contribution in [3.05, 3.63) is 0 Å². The van der Waals surface area contributed by atoms with Crippen LogP contribution in [0.1, 0.15) is 110 Å². The van der Waals surface area contributed by atoms with Gasteiger partial charge >= 0.3 is 0 Å². The van der Waals surface area contributed by atoms with Crippen LogP contribution in [0.3, 0.4) is 0 Å². The van der Waals surface area contributed by atoms with E-state index in [1.165, 1.54) is 109 Å². The Labute approximate surface area is 229 Å². The first-order valence-electron chi connectivity index (χ1n) is 13.8. The SMILES string of the molecule is CCCCCCCCCCCCCCCCCC[SiH](C)O[SiH2]O[SiH2]O[SiH2]O[SiH2]O[SiH2]O[SiH2]O[SiH3]. The first kappa shape index (κ1) is 35.5. The smallest absolute Gasteiger partial charge is 0.286 e. The van der Waals surface area contributed by atoms with Gasteiger partial charge in [0.05, 0.1) is 0 Å². The van der Waals surface area contributed by atoms with Gasteiger partial charge in [-0.15, -0.1) is 0 Å². The molecule has 15 heteroatoms. The van der Waals surface area contributed by atoms with Crippen LogP contribution in [-0.4, -0.2) is 79.6 Å². The van der Waals surface area contributed by atoms with Crippen molar-refractivity contribution < 1.29 is 28.8 Å². The molecule has 0 fully saturated rings. The van der Waals surface area contributed by atoms with Gasteiger partial charge in [0.1, 0.15) is 10.5 Å². The maximum atomic E-state index is 6.00. The third-order valence-electron chi connectivity index (χ3n) is 5.77. The van der Waals surface area contributed by atoms with Crippen molar-refractivity contribution in [3.8, 4) is 0 Å². The Kier molecular flexibility index (Phi) is 33.9. The molecular weight excluding hydrogens is 565 g/mol. The summed E-state index contributed by atoms with van der Waals surface area (Å²) in [5.41, 5.74) is 0. The van der Waals surface area contributed by atoms with Crippen LogP contribution in [0.2, 0.25) is 12.6 Å². The molecule has 34 heavy (non-hydrogen) atoms. The molecule has 0 bridgehead atoms. The monoisotopic (exact) mass is 620 g/mol. The highest BCUT2D eigenvalue weighted by molar-refractivity contribution is 6.57. The molecule has 206 valence electrons. The Morgan fingerprint density at radius 1 is 0.500 bits per heavy atom. The van der Waals surface area contributed by atoms with E-state index in [4.69, 9.17) is 28.8 Å². The molecule has 1 atom stereocenters. The molecule has 0 saturated heterocycles. The van der Waals surface area contributed by atoms with E-state index in [9.17, 15) is 0 Å². The van der Waals surface area contributed by atoms with Crippen molar-refractivity contribution in [2.75, 3.05) is 0 Å². The molecule has 0 N–H and O–H groups in total. The molecule has 0 rings (SSSR count). The molecule has 0 aromatic heterocycles. The minimum Gasteiger partial charge on any atom is -0.449 e. The van der Waals surface area contributed by atoms with E-state index in [1.807, 2.05) is 0 Å². The molecule has 0 heterocycles. The first-order chi connectivity index (χ1) is 16.8. The van der Waals surface area contributed by atoms with Crippen molar-refractivity contribution in [2.45, 2.75) is 122 Å². The predicted molar refractivity (Wildman–Crippen MR) is 166 cm³/mol. The quantitative estimate of drug-likeness (QED) is 0.0827. The van der Waals surface area contributed by atoms with E-state index in [-0.39, 0.29) is 0 Å². The van der Waals surface area contributed by atoms with Gasteiger partial charge in [0, 0.05) is 0 Å². The molecule has 0 saturated carbocycles. The molecular formula is C19H56O7Si8. The molecule has 0 amide bonds. The van der Waals surface area contributed by atoms with E-state index in [0.29, 0.717) is 0 Å². The predicted octanol–water partition coefficient (Wildman–Crippen LogP) is -0.00910. The van der Waals surface area contributed by atoms with E-state index in [0.717, 1.165) is 10.5 Å². The van der Waals surface area contributed by atoms with Gasteiger partial charge in [-0.3, -0.25) is 0 Å². The van der Waals surface area contributed by atoms with Gasteiger partial charge in [0.15, 0.2) is 9.04 Å². The summed E-state index contributed by atoms with van der Waals surface area (Å²) in [5.74, 6) is 0. The van der Waals surface area contributed by atoms with Crippen LogP contribution in [0.5, 0.6) is 0 Å². The van der Waals surface area contributed by atoms with E-state index >= 15 is 0 Å². The lowest BCUT2D eigenvalue weighted by molar-refractivity contribution is 0.371. The number of rotatable bonds is 30. The highest BCUT2D eigenvalue weighted by Gasteiger charge is 2.05. The minimum atomic E-state index is -1.02. The number of hydrogen-bond acceptors (Lipinski definition) is 7. The molecule has 0 radical (unpaired) electrons. The summed E-state index contributed by atoms with van der Waals surface area (Å²) >= 11 is 0. The molecule has 7 nitrogen and oxygen atoms in total. The van der Waals surface area contributed by atoms with Gasteiger partial charge in [-0.2, -0.15) is 0 Å². The maximum Gasteiger partial charge on any atom is 0.286 e. The highest BCUT2D eigenvalue weighted by Crippen LogP contribution is 2.14. The normalized spacial score (nSPS) is 14.6. The lowest BCUT2D eigenvalue weighted by Gasteiger charge is -2.12. The third-order valence-corrected chi connectivity index (χ3v) is 17.4. The van der Waals surface area contributed by atoms with Crippen molar-refractivity contribution in [1.82, 2.24) is 0 Å². The average Bonchev–Trinajstić information content (AvgIpc) is 2.84. The Hall–Kier alpha value is 1.46. The van der Waals surface area contributed by atoms with E-state index in [1.54, 1.807) is 0 Å². The van der Waals surface area contributed by atoms with Crippen LogP contribution in [0.4, 0.5) is 0 Å². The highest BCUT2D eigenvalue weighted by atomic mass is 28.4. The second-order valence-electron chi connectivity index (χ2n) is 9.09. The van der Waals surface area contributed by atoms with Crippen LogP contribution in [0.25, 0.3) is 0 Å². The van der Waals surface area contributed by atoms with Crippen LogP contribution >= 0.6 is 0 Å². The fourth-order valence-corrected chi connectivity index (χ4v) is 17.1. The van der Waals surface area contributed by atoms with Gasteiger partial charge in [-0.05, 0) is 12.6 Å². The second kappa shape index (κ2) is 32.5. The van der Waals surface area contributed by atoms with Crippen molar-refractivity contribution in [3.63, 3.8) is 0 Å². The summed E-state index contributed by atoms with van der Waals surface area (Å²) in [4.78, 5) is 0. The molecule has 0 aromatic carbocycles. The van der Waals surface area contributed by atoms with Crippen LogP contribution < -0.4 is 0 Å². The van der Waals surface area contributed by atoms with Gasteiger partial charge < -0.3 is 28.8 Å². The molecule has 0 aromatic rings. The summed E-state index contributed by atoms with van der Waals surface area (Å²) in [6.45, 7) is 4.60. The zero-order valence-electron chi connectivity index (χ0n) is 22.7. The number of unbranched alkanes of at least 4 members (excludes halogenated alkanes) is 15. The standard InChI is InChI=1S/C19H56O7Si8/c1-3-4-5-6-7-8-9-10-11-12-13-14-15-16-17-18-19-34(2)26-33-25-32-24-31-23-30-22-29-21-28-20-27/h34H,3-19,28-33H2,1-2,27H3. The first-order valence-corrected chi connectivity index (χ1v) is 24.0. The lowest BCUT2D eigenvalue weighted by Crippen LogP contribution is -2.22. The summed E-state index contributed by atoms with van der Waals surface area (Å²) < 4.78 is 38.5. The van der Waals surface area contributed by atoms with Gasteiger partial charge in [0.25, 0.3) is 60.0 Å². The Balaban J connectivity index is 3.13. The van der Waals surface area contributed by atoms with Crippen LogP contribution in [-0.2, 0) is 28.8 Å². The van der Waals surface area contributed by atoms with Gasteiger partial charge in [-0.1, -0.05) is 110 Å². The zero-order valence-corrected chi connectivity index (χ0v) is 34.3. The number of hydrogen-bond donors (Lipinski definition) is 0. The molecule has 0 aliphatic heterocycles. The molecule has 0 spiro atoms. The Morgan fingerprint density at radius 2 is 0.853 bits per heavy atom. The Morgan fingerprint density at radius 3 is 1.26 bits per heavy atom. The largest absolute Gasteiger partial charge is 0.449 e. The maximum absolute atomic E-state index is 6.00. The minimum absolute atomic E-state index is 0.731. The van der Waals surface area contributed by atoms with Crippen LogP contribution in [0, 0.1) is 0 Å². The molecule has 0 aliphatic carbocycles. The summed E-state index contributed by atoms with van der Waals surface area (Å²) in [7, 11) is -5.36. The van der Waals surface area contributed by atoms with Gasteiger partial charge in [0.2, 0.25) is 0 Å². The van der Waals surface area contributed by atoms with E-state index in [2.05, 4.69) is 13.5 Å². The topological polar surface area (TPSA) is 64.6 Å². The van der Waals surface area contributed by atoms with Crippen molar-refractivity contribution in [1.29, 1.82) is 0 Å². The molecule has 0 aliphatic rings.